The molecule has 3 aromatic heterocycles. The number of H-pyrrole nitrogens is 1. The number of nitrogens with zero attached hydrogens (tertiary/aromatic N) is 6. The van der Waals surface area contributed by atoms with Crippen molar-refractivity contribution in [1.29, 1.82) is 0 Å². The molecule has 0 radical (unpaired) electrons. The molecule has 27 heavy (non-hydrogen) atoms. The molecule has 136 valence electrons. The smallest absolute Gasteiger partial charge is 0.224 e. The highest BCUT2D eigenvalue weighted by atomic mass is 35.5. The third kappa shape index (κ3) is 2.75. The lowest BCUT2D eigenvalue weighted by molar-refractivity contribution is 0.686. The minimum Gasteiger partial charge on any atom is -0.354 e. The van der Waals surface area contributed by atoms with E-state index in [1.807, 2.05) is 36.5 Å². The van der Waals surface area contributed by atoms with Crippen LogP contribution in [0, 0.1) is 0 Å². The summed E-state index contributed by atoms with van der Waals surface area (Å²) in [5.74, 6) is 1.84. The normalized spacial score (nSPS) is 17.1. The van der Waals surface area contributed by atoms with Crippen LogP contribution in [-0.4, -0.2) is 51.1 Å². The van der Waals surface area contributed by atoms with E-state index >= 15 is 0 Å². The molecule has 1 atom stereocenters. The summed E-state index contributed by atoms with van der Waals surface area (Å²) in [6, 6.07) is 10.3. The first-order valence-corrected chi connectivity index (χ1v) is 9.26. The molecule has 0 bridgehead atoms. The van der Waals surface area contributed by atoms with Gasteiger partial charge in [-0.25, -0.2) is 15.0 Å². The van der Waals surface area contributed by atoms with Gasteiger partial charge < -0.3 is 14.8 Å². The van der Waals surface area contributed by atoms with Crippen molar-refractivity contribution < 1.29 is 0 Å². The van der Waals surface area contributed by atoms with E-state index in [4.69, 9.17) is 11.6 Å². The summed E-state index contributed by atoms with van der Waals surface area (Å²) in [5.41, 5.74) is 1.73. The summed E-state index contributed by atoms with van der Waals surface area (Å²) >= 11 is 6.17. The fraction of sp³-hybridized carbons (Fsp3) is 0.263. The molecule has 1 saturated heterocycles. The van der Waals surface area contributed by atoms with Crippen LogP contribution in [0.25, 0.3) is 21.9 Å². The summed E-state index contributed by atoms with van der Waals surface area (Å²) in [7, 11) is 2.07. The van der Waals surface area contributed by atoms with Gasteiger partial charge in [0.1, 0.15) is 23.6 Å². The predicted molar refractivity (Wildman–Crippen MR) is 107 cm³/mol. The Morgan fingerprint density at radius 3 is 2.96 bits per heavy atom. The molecule has 1 fully saturated rings. The van der Waals surface area contributed by atoms with Crippen LogP contribution in [-0.2, 0) is 0 Å². The van der Waals surface area contributed by atoms with Gasteiger partial charge in [-0.2, -0.15) is 4.98 Å². The Labute approximate surface area is 161 Å². The SMILES string of the molecule is CN(c1nc(Cl)nc2ccccc12)C1CCN(c2ncnc3[nH]ccc23)C1. The molecule has 0 aliphatic carbocycles. The number of fused-ring (bicyclic) bond motifs is 2. The number of hydrogen-bond donors (Lipinski definition) is 1. The molecule has 0 amide bonds. The number of para-hydroxylation sites is 1. The summed E-state index contributed by atoms with van der Waals surface area (Å²) in [6.45, 7) is 1.80. The third-order valence-electron chi connectivity index (χ3n) is 5.23. The van der Waals surface area contributed by atoms with Crippen molar-refractivity contribution in [1.82, 2.24) is 24.9 Å². The molecule has 1 N–H and O–H groups in total. The van der Waals surface area contributed by atoms with Crippen LogP contribution in [0.3, 0.4) is 0 Å². The lowest BCUT2D eigenvalue weighted by Gasteiger charge is -2.27. The number of anilines is 2. The zero-order chi connectivity index (χ0) is 18.4. The Balaban J connectivity index is 1.46. The second kappa shape index (κ2) is 6.35. The van der Waals surface area contributed by atoms with Crippen molar-refractivity contribution in [3.05, 3.63) is 48.1 Å². The second-order valence-corrected chi connectivity index (χ2v) is 7.11. The van der Waals surface area contributed by atoms with Crippen LogP contribution in [0.4, 0.5) is 11.6 Å². The Bertz CT molecular complexity index is 1130. The van der Waals surface area contributed by atoms with Crippen LogP contribution < -0.4 is 9.80 Å². The third-order valence-corrected chi connectivity index (χ3v) is 5.40. The van der Waals surface area contributed by atoms with E-state index in [1.54, 1.807) is 6.33 Å². The molecule has 5 rings (SSSR count). The first kappa shape index (κ1) is 16.3. The fourth-order valence-electron chi connectivity index (χ4n) is 3.84. The van der Waals surface area contributed by atoms with E-state index < -0.39 is 0 Å². The molecule has 1 aliphatic heterocycles. The van der Waals surface area contributed by atoms with Crippen molar-refractivity contribution in [2.75, 3.05) is 29.9 Å². The minimum absolute atomic E-state index is 0.273. The average molecular weight is 380 g/mol. The summed E-state index contributed by atoms with van der Waals surface area (Å²) in [6.07, 6.45) is 4.53. The van der Waals surface area contributed by atoms with Gasteiger partial charge >= 0.3 is 0 Å². The van der Waals surface area contributed by atoms with E-state index in [2.05, 4.69) is 41.8 Å². The Morgan fingerprint density at radius 2 is 2.04 bits per heavy atom. The van der Waals surface area contributed by atoms with E-state index in [9.17, 15) is 0 Å². The molecule has 7 nitrogen and oxygen atoms in total. The molecular weight excluding hydrogens is 362 g/mol. The van der Waals surface area contributed by atoms with Gasteiger partial charge in [-0.05, 0) is 36.2 Å². The average Bonchev–Trinajstić information content (AvgIpc) is 3.36. The second-order valence-electron chi connectivity index (χ2n) is 6.77. The number of rotatable bonds is 3. The number of hydrogen-bond acceptors (Lipinski definition) is 6. The van der Waals surface area contributed by atoms with E-state index in [0.717, 1.165) is 53.1 Å². The number of likely N-dealkylation sites (N-methyl/N-ethyl adjacent to an activating group) is 1. The van der Waals surface area contributed by atoms with Gasteiger partial charge in [0, 0.05) is 37.8 Å². The van der Waals surface area contributed by atoms with Crippen molar-refractivity contribution in [3.8, 4) is 0 Å². The highest BCUT2D eigenvalue weighted by Crippen LogP contribution is 2.31. The highest BCUT2D eigenvalue weighted by Gasteiger charge is 2.29. The van der Waals surface area contributed by atoms with Crippen LogP contribution >= 0.6 is 11.6 Å². The van der Waals surface area contributed by atoms with Crippen LogP contribution in [0.5, 0.6) is 0 Å². The molecule has 1 unspecified atom stereocenters. The van der Waals surface area contributed by atoms with Gasteiger partial charge in [-0.1, -0.05) is 12.1 Å². The molecule has 4 aromatic rings. The summed E-state index contributed by atoms with van der Waals surface area (Å²) < 4.78 is 0. The predicted octanol–water partition coefficient (Wildman–Crippen LogP) is 3.27. The maximum atomic E-state index is 6.17. The maximum absolute atomic E-state index is 6.17. The number of benzene rings is 1. The maximum Gasteiger partial charge on any atom is 0.224 e. The molecule has 1 aliphatic rings. The lowest BCUT2D eigenvalue weighted by Crippen LogP contribution is -2.35. The van der Waals surface area contributed by atoms with Gasteiger partial charge in [-0.15, -0.1) is 0 Å². The fourth-order valence-corrected chi connectivity index (χ4v) is 4.01. The highest BCUT2D eigenvalue weighted by molar-refractivity contribution is 6.28. The standard InChI is InChI=1S/C19H18ClN7/c1-26(18-13-4-2-3-5-15(13)24-19(20)25-18)12-7-9-27(10-12)17-14-6-8-21-16(14)22-11-23-17/h2-6,8,11-12H,7,9-10H2,1H3,(H,21,22,23). The quantitative estimate of drug-likeness (QED) is 0.551. The first-order chi connectivity index (χ1) is 13.2. The van der Waals surface area contributed by atoms with Gasteiger partial charge in [0.15, 0.2) is 0 Å². The Kier molecular flexibility index (Phi) is 3.82. The van der Waals surface area contributed by atoms with E-state index in [1.165, 1.54) is 0 Å². The van der Waals surface area contributed by atoms with Gasteiger partial charge in [-0.3, -0.25) is 0 Å². The van der Waals surface area contributed by atoms with E-state index in [0.29, 0.717) is 6.04 Å². The monoisotopic (exact) mass is 379 g/mol. The van der Waals surface area contributed by atoms with Gasteiger partial charge in [0.25, 0.3) is 0 Å². The molecular formula is C19H18ClN7. The van der Waals surface area contributed by atoms with Crippen molar-refractivity contribution in [2.24, 2.45) is 0 Å². The van der Waals surface area contributed by atoms with Crippen LogP contribution in [0.2, 0.25) is 5.28 Å². The first-order valence-electron chi connectivity index (χ1n) is 8.89. The Morgan fingerprint density at radius 1 is 1.15 bits per heavy atom. The molecule has 0 saturated carbocycles. The lowest BCUT2D eigenvalue weighted by atomic mass is 10.2. The number of nitrogens with one attached hydrogen (secondary N) is 1. The topological polar surface area (TPSA) is 73.8 Å². The minimum atomic E-state index is 0.273. The van der Waals surface area contributed by atoms with Crippen molar-refractivity contribution in [3.63, 3.8) is 0 Å². The largest absolute Gasteiger partial charge is 0.354 e. The van der Waals surface area contributed by atoms with Crippen molar-refractivity contribution >= 4 is 45.2 Å². The van der Waals surface area contributed by atoms with Crippen LogP contribution in [0.15, 0.2) is 42.9 Å². The van der Waals surface area contributed by atoms with E-state index in [-0.39, 0.29) is 5.28 Å². The molecule has 4 heterocycles. The number of halogens is 1. The molecule has 8 heteroatoms. The van der Waals surface area contributed by atoms with Gasteiger partial charge in [0.2, 0.25) is 5.28 Å². The molecule has 1 aromatic carbocycles. The Hall–Kier alpha value is -2.93. The summed E-state index contributed by atoms with van der Waals surface area (Å²) in [4.78, 5) is 25.3. The van der Waals surface area contributed by atoms with Gasteiger partial charge in [0.05, 0.1) is 10.9 Å². The zero-order valence-corrected chi connectivity index (χ0v) is 15.6. The van der Waals surface area contributed by atoms with Crippen LogP contribution in [0.1, 0.15) is 6.42 Å². The molecule has 0 spiro atoms. The zero-order valence-electron chi connectivity index (χ0n) is 14.8. The van der Waals surface area contributed by atoms with Crippen molar-refractivity contribution in [2.45, 2.75) is 12.5 Å². The summed E-state index contributed by atoms with van der Waals surface area (Å²) in [5, 5.41) is 2.34. The number of aromatic amines is 1. The number of aromatic nitrogens is 5.